The summed E-state index contributed by atoms with van der Waals surface area (Å²) in [4.78, 5) is 38.8. The Labute approximate surface area is 256 Å². The zero-order chi connectivity index (χ0) is 32.0. The van der Waals surface area contributed by atoms with Crippen molar-refractivity contribution in [3.05, 3.63) is 73.4 Å². The van der Waals surface area contributed by atoms with Gasteiger partial charge in [-0.3, -0.25) is 9.59 Å². The standard InChI is InChI=1S/C16H6.C15H14ClN3O2.HN3.O2.5H2/c1-3-5-7-9-11-13-15-16-14-12-10-8-6-4-2;1-9(20)18-12-5-2-10(3-6-12)15(21)19-14-7-4-11(16)8-13(14)17;1-3-2;1-2;;;;;/h1-2H3;2-8H,17H2,1H3,(H,18,20)(H,19,21);1H;;5*1H. The number of halogens is 1. The average Bonchev–Trinajstić information content (AvgIpc) is 2.97. The zero-order valence-corrected chi connectivity index (χ0v) is 23.3. The lowest BCUT2D eigenvalue weighted by Crippen LogP contribution is -2.13. The second kappa shape index (κ2) is 25.9. The van der Waals surface area contributed by atoms with E-state index in [-0.39, 0.29) is 18.9 Å². The molecule has 2 aromatic rings. The SMILES string of the molecule is CC#CC#CC#CC#CC#CC#CC#CC.CC(=O)Nc1ccc(C(=O)Nc2ccc(Cl)cc2N)cc1.O=O.[HH].[HH].[HH].[HH].[HH].[N-]=[N+]=N. The van der Waals surface area contributed by atoms with E-state index >= 15 is 0 Å². The summed E-state index contributed by atoms with van der Waals surface area (Å²) in [5.74, 6) is 35.1. The summed E-state index contributed by atoms with van der Waals surface area (Å²) in [5.41, 5.74) is 20.0. The van der Waals surface area contributed by atoms with Gasteiger partial charge in [0.05, 0.1) is 11.4 Å². The van der Waals surface area contributed by atoms with Gasteiger partial charge in [0.1, 0.15) is 0 Å². The number of hydrogen-bond acceptors (Lipinski definition) is 6. The second-order valence-corrected chi connectivity index (χ2v) is 6.98. The first-order chi connectivity index (χ1) is 20.3. The summed E-state index contributed by atoms with van der Waals surface area (Å²) in [6.07, 6.45) is 0. The van der Waals surface area contributed by atoms with Crippen LogP contribution in [0.3, 0.4) is 0 Å². The molecule has 2 amide bonds. The van der Waals surface area contributed by atoms with Gasteiger partial charge in [-0.15, -0.1) is 5.53 Å². The maximum absolute atomic E-state index is 12.1. The van der Waals surface area contributed by atoms with Gasteiger partial charge in [-0.25, -0.2) is 0 Å². The third kappa shape index (κ3) is 20.4. The van der Waals surface area contributed by atoms with E-state index < -0.39 is 0 Å². The third-order valence-electron chi connectivity index (χ3n) is 3.67. The number of amides is 2. The van der Waals surface area contributed by atoms with Crippen molar-refractivity contribution in [3.8, 4) is 82.9 Å². The van der Waals surface area contributed by atoms with Crippen LogP contribution in [0.2, 0.25) is 5.02 Å². The van der Waals surface area contributed by atoms with Crippen LogP contribution in [0.1, 0.15) is 38.3 Å². The van der Waals surface area contributed by atoms with Gasteiger partial charge in [0.15, 0.2) is 0 Å². The monoisotopic (exact) mass is 586 g/mol. The Hall–Kier alpha value is -6.70. The van der Waals surface area contributed by atoms with Crippen LogP contribution in [-0.4, -0.2) is 11.8 Å². The highest BCUT2D eigenvalue weighted by Gasteiger charge is 2.08. The maximum Gasteiger partial charge on any atom is 0.255 e. The molecule has 2 rings (SSSR count). The Morgan fingerprint density at radius 1 is 0.810 bits per heavy atom. The van der Waals surface area contributed by atoms with E-state index in [1.54, 1.807) is 61.2 Å². The molecule has 2 aromatic carbocycles. The number of benzene rings is 2. The van der Waals surface area contributed by atoms with Crippen LogP contribution in [0.15, 0.2) is 42.5 Å². The van der Waals surface area contributed by atoms with Crippen LogP contribution in [0, 0.1) is 98.3 Å². The number of nitrogens with two attached hydrogens (primary N) is 1. The molecule has 0 unspecified atom stereocenters. The summed E-state index contributed by atoms with van der Waals surface area (Å²) >= 11 is 5.80. The predicted molar refractivity (Wildman–Crippen MR) is 177 cm³/mol. The van der Waals surface area contributed by atoms with Crippen molar-refractivity contribution >= 4 is 40.5 Å². The van der Waals surface area contributed by atoms with Crippen molar-refractivity contribution in [1.29, 1.82) is 5.53 Å². The normalized spacial score (nSPS) is 6.76. The molecule has 0 saturated carbocycles. The number of nitrogens with zero attached hydrogens (tertiary/aromatic N) is 2. The Morgan fingerprint density at radius 3 is 1.57 bits per heavy atom. The fourth-order valence-electron chi connectivity index (χ4n) is 2.19. The number of hydrogen-bond donors (Lipinski definition) is 4. The molecule has 0 spiro atoms. The van der Waals surface area contributed by atoms with E-state index in [1.807, 2.05) is 0 Å². The molecule has 0 heterocycles. The number of carbonyl (C=O) groups is 2. The highest BCUT2D eigenvalue weighted by molar-refractivity contribution is 6.31. The Bertz CT molecular complexity index is 1680. The summed E-state index contributed by atoms with van der Waals surface area (Å²) < 4.78 is 0. The highest BCUT2D eigenvalue weighted by Crippen LogP contribution is 2.23. The minimum absolute atomic E-state index is 0. The Balaban J connectivity index is -0.000000112. The minimum atomic E-state index is -0.293. The Morgan fingerprint density at radius 2 is 1.21 bits per heavy atom. The molecule has 0 radical (unpaired) electrons. The van der Waals surface area contributed by atoms with Gasteiger partial charge < -0.3 is 16.4 Å². The van der Waals surface area contributed by atoms with Crippen molar-refractivity contribution in [3.63, 3.8) is 0 Å². The lowest BCUT2D eigenvalue weighted by Gasteiger charge is -2.09. The smallest absolute Gasteiger partial charge is 0.255 e. The van der Waals surface area contributed by atoms with Gasteiger partial charge in [-0.2, -0.15) is 0 Å². The molecule has 10 nitrogen and oxygen atoms in total. The van der Waals surface area contributed by atoms with Crippen molar-refractivity contribution in [1.82, 2.24) is 0 Å². The lowest BCUT2D eigenvalue weighted by molar-refractivity contribution is -0.114. The van der Waals surface area contributed by atoms with Crippen LogP contribution in [0.5, 0.6) is 0 Å². The van der Waals surface area contributed by atoms with Crippen molar-refractivity contribution in [2.75, 3.05) is 16.4 Å². The predicted octanol–water partition coefficient (Wildman–Crippen LogP) is 6.36. The minimum Gasteiger partial charge on any atom is -0.397 e. The topological polar surface area (TPSA) is 179 Å². The molecule has 0 saturated heterocycles. The van der Waals surface area contributed by atoms with Crippen LogP contribution in [0.4, 0.5) is 17.1 Å². The first-order valence-electron chi connectivity index (χ1n) is 11.0. The fraction of sp³-hybridized carbons (Fsp3) is 0.0968. The van der Waals surface area contributed by atoms with E-state index in [1.165, 1.54) is 6.92 Å². The molecule has 0 aliphatic heterocycles. The molecule has 5 N–H and O–H groups in total. The van der Waals surface area contributed by atoms with Gasteiger partial charge in [-0.05, 0) is 138 Å². The number of nitrogen functional groups attached to an aromatic ring is 1. The van der Waals surface area contributed by atoms with Gasteiger partial charge >= 0.3 is 0 Å². The molecule has 42 heavy (non-hydrogen) atoms. The first-order valence-corrected chi connectivity index (χ1v) is 11.4. The molecular formula is C31H31ClN6O4. The number of rotatable bonds is 3. The molecule has 0 bridgehead atoms. The van der Waals surface area contributed by atoms with E-state index in [4.69, 9.17) is 38.3 Å². The molecule has 0 atom stereocenters. The molecule has 0 aromatic heterocycles. The van der Waals surface area contributed by atoms with E-state index in [2.05, 4.69) is 93.5 Å². The summed E-state index contributed by atoms with van der Waals surface area (Å²) in [5, 5.41) is 5.84. The van der Waals surface area contributed by atoms with Crippen LogP contribution in [0.25, 0.3) is 10.4 Å². The Kier molecular flexibility index (Phi) is 23.1. The van der Waals surface area contributed by atoms with Crippen molar-refractivity contribution in [2.24, 2.45) is 0 Å². The van der Waals surface area contributed by atoms with Crippen LogP contribution in [-0.2, 0) is 4.79 Å². The van der Waals surface area contributed by atoms with Crippen LogP contribution < -0.4 is 16.4 Å². The molecule has 0 aliphatic rings. The quantitative estimate of drug-likeness (QED) is 0.107. The third-order valence-corrected chi connectivity index (χ3v) is 3.90. The van der Waals surface area contributed by atoms with Gasteiger partial charge in [0.25, 0.3) is 5.91 Å². The number of nitrogens with one attached hydrogen (secondary N) is 3. The average molecular weight is 587 g/mol. The van der Waals surface area contributed by atoms with E-state index in [9.17, 15) is 9.59 Å². The second-order valence-electron chi connectivity index (χ2n) is 6.54. The summed E-state index contributed by atoms with van der Waals surface area (Å²) in [7, 11) is 0. The first kappa shape index (κ1) is 37.5. The summed E-state index contributed by atoms with van der Waals surface area (Å²) in [6.45, 7) is 4.84. The van der Waals surface area contributed by atoms with E-state index in [0.717, 1.165) is 0 Å². The number of anilines is 3. The molecule has 0 fully saturated rings. The zero-order valence-electron chi connectivity index (χ0n) is 22.5. The van der Waals surface area contributed by atoms with Gasteiger partial charge in [0.2, 0.25) is 5.91 Å². The highest BCUT2D eigenvalue weighted by atomic mass is 35.5. The molecular weight excluding hydrogens is 556 g/mol. The fourth-order valence-corrected chi connectivity index (χ4v) is 2.37. The maximum atomic E-state index is 12.1. The largest absolute Gasteiger partial charge is 0.397 e. The van der Waals surface area contributed by atoms with Crippen molar-refractivity contribution < 1.29 is 16.7 Å². The van der Waals surface area contributed by atoms with E-state index in [0.29, 0.717) is 27.6 Å². The number of carbonyl (C=O) groups excluding carboxylic acids is 2. The molecule has 0 aliphatic carbocycles. The van der Waals surface area contributed by atoms with Crippen molar-refractivity contribution in [2.45, 2.75) is 20.8 Å². The molecule has 11 heteroatoms. The molecule has 216 valence electrons. The lowest BCUT2D eigenvalue weighted by atomic mass is 10.2. The van der Waals surface area contributed by atoms with Gasteiger partial charge in [0, 0.05) is 40.3 Å². The summed E-state index contributed by atoms with van der Waals surface area (Å²) in [6, 6.07) is 11.4. The van der Waals surface area contributed by atoms with Gasteiger partial charge in [-0.1, -0.05) is 23.4 Å². The van der Waals surface area contributed by atoms with Crippen LogP contribution >= 0.6 is 11.6 Å².